The highest BCUT2D eigenvalue weighted by Crippen LogP contribution is 2.25. The molecule has 0 saturated carbocycles. The van der Waals surface area contributed by atoms with Crippen molar-refractivity contribution in [2.75, 3.05) is 44.9 Å². The molecule has 25 heavy (non-hydrogen) atoms. The van der Waals surface area contributed by atoms with Crippen molar-refractivity contribution in [2.45, 2.75) is 13.3 Å². The molecule has 1 amide bonds. The summed E-state index contributed by atoms with van der Waals surface area (Å²) in [4.78, 5) is 22.8. The first kappa shape index (κ1) is 18.7. The summed E-state index contributed by atoms with van der Waals surface area (Å²) in [6.45, 7) is 3.72. The summed E-state index contributed by atoms with van der Waals surface area (Å²) in [5.41, 5.74) is 1.95. The third kappa shape index (κ3) is 5.72. The Bertz CT molecular complexity index is 718. The number of nitrogens with one attached hydrogen (secondary N) is 2. The Morgan fingerprint density at radius 2 is 2.04 bits per heavy atom. The average Bonchev–Trinajstić information content (AvgIpc) is 2.59. The predicted molar refractivity (Wildman–Crippen MR) is 99.4 cm³/mol. The molecular weight excluding hydrogens is 318 g/mol. The summed E-state index contributed by atoms with van der Waals surface area (Å²) in [7, 11) is 5.64. The van der Waals surface area contributed by atoms with Crippen molar-refractivity contribution >= 4 is 17.4 Å². The average molecular weight is 343 g/mol. The molecule has 1 aromatic carbocycles. The van der Waals surface area contributed by atoms with Crippen LogP contribution in [0.2, 0.25) is 0 Å². The van der Waals surface area contributed by atoms with Gasteiger partial charge in [-0.1, -0.05) is 6.07 Å². The van der Waals surface area contributed by atoms with E-state index in [-0.39, 0.29) is 5.91 Å². The summed E-state index contributed by atoms with van der Waals surface area (Å²) in [5.74, 6) is 0.938. The minimum Gasteiger partial charge on any atom is -0.495 e. The Morgan fingerprint density at radius 3 is 2.76 bits per heavy atom. The van der Waals surface area contributed by atoms with Crippen molar-refractivity contribution in [1.82, 2.24) is 14.9 Å². The van der Waals surface area contributed by atoms with Gasteiger partial charge in [0, 0.05) is 12.6 Å². The maximum absolute atomic E-state index is 12.5. The van der Waals surface area contributed by atoms with Gasteiger partial charge in [-0.25, -0.2) is 9.97 Å². The highest BCUT2D eigenvalue weighted by molar-refractivity contribution is 6.04. The van der Waals surface area contributed by atoms with Gasteiger partial charge >= 0.3 is 0 Å². The molecule has 0 aliphatic heterocycles. The quantitative estimate of drug-likeness (QED) is 0.717. The fraction of sp³-hybridized carbons (Fsp3) is 0.389. The minimum absolute atomic E-state index is 0.300. The Labute approximate surface area is 148 Å². The number of benzene rings is 1. The normalized spacial score (nSPS) is 10.6. The zero-order valence-electron chi connectivity index (χ0n) is 15.2. The molecule has 0 unspecified atom stereocenters. The first-order chi connectivity index (χ1) is 12.0. The molecule has 2 N–H and O–H groups in total. The fourth-order valence-corrected chi connectivity index (χ4v) is 2.30. The van der Waals surface area contributed by atoms with Gasteiger partial charge in [0.15, 0.2) is 0 Å². The highest BCUT2D eigenvalue weighted by Gasteiger charge is 2.12. The van der Waals surface area contributed by atoms with Crippen LogP contribution in [0.15, 0.2) is 30.6 Å². The summed E-state index contributed by atoms with van der Waals surface area (Å²) in [5, 5.41) is 6.05. The van der Waals surface area contributed by atoms with E-state index >= 15 is 0 Å². The number of ether oxygens (including phenoxy) is 1. The van der Waals surface area contributed by atoms with Crippen LogP contribution in [0.1, 0.15) is 22.5 Å². The number of nitrogens with zero attached hydrogens (tertiary/aromatic N) is 3. The van der Waals surface area contributed by atoms with Crippen molar-refractivity contribution in [2.24, 2.45) is 0 Å². The Morgan fingerprint density at radius 1 is 1.24 bits per heavy atom. The van der Waals surface area contributed by atoms with Gasteiger partial charge in [0.25, 0.3) is 5.91 Å². The molecule has 0 aliphatic carbocycles. The first-order valence-electron chi connectivity index (χ1n) is 8.16. The lowest BCUT2D eigenvalue weighted by Gasteiger charge is -2.12. The van der Waals surface area contributed by atoms with Crippen LogP contribution < -0.4 is 15.4 Å². The van der Waals surface area contributed by atoms with Gasteiger partial charge < -0.3 is 20.3 Å². The molecule has 7 nitrogen and oxygen atoms in total. The second kappa shape index (κ2) is 8.98. The topological polar surface area (TPSA) is 79.4 Å². The van der Waals surface area contributed by atoms with Crippen LogP contribution in [0, 0.1) is 6.92 Å². The van der Waals surface area contributed by atoms with Crippen molar-refractivity contribution < 1.29 is 9.53 Å². The van der Waals surface area contributed by atoms with E-state index in [2.05, 4.69) is 25.5 Å². The number of aryl methyl sites for hydroxylation is 1. The third-order valence-corrected chi connectivity index (χ3v) is 3.59. The zero-order chi connectivity index (χ0) is 18.2. The molecule has 0 saturated heterocycles. The van der Waals surface area contributed by atoms with Gasteiger partial charge in [0.05, 0.1) is 12.8 Å². The van der Waals surface area contributed by atoms with Crippen molar-refractivity contribution in [3.05, 3.63) is 41.9 Å². The number of hydrogen-bond donors (Lipinski definition) is 2. The fourth-order valence-electron chi connectivity index (χ4n) is 2.30. The summed E-state index contributed by atoms with van der Waals surface area (Å²) in [6.07, 6.45) is 2.37. The third-order valence-electron chi connectivity index (χ3n) is 3.59. The number of aromatic nitrogens is 2. The maximum Gasteiger partial charge on any atom is 0.274 e. The summed E-state index contributed by atoms with van der Waals surface area (Å²) < 4.78 is 5.28. The molecule has 1 aromatic heterocycles. The monoisotopic (exact) mass is 343 g/mol. The van der Waals surface area contributed by atoms with Crippen LogP contribution in [0.25, 0.3) is 0 Å². The summed E-state index contributed by atoms with van der Waals surface area (Å²) >= 11 is 0. The number of carbonyl (C=O) groups excluding carboxylic acids is 1. The number of anilines is 2. The number of hydrogen-bond acceptors (Lipinski definition) is 6. The number of amides is 1. The van der Waals surface area contributed by atoms with E-state index in [9.17, 15) is 4.79 Å². The molecule has 2 aromatic rings. The lowest BCUT2D eigenvalue weighted by atomic mass is 10.2. The number of methoxy groups -OCH3 is 1. The molecule has 0 aliphatic rings. The van der Waals surface area contributed by atoms with Crippen LogP contribution >= 0.6 is 0 Å². The van der Waals surface area contributed by atoms with E-state index in [1.807, 2.05) is 39.2 Å². The molecular formula is C18H25N5O2. The Balaban J connectivity index is 2.02. The molecule has 134 valence electrons. The standard InChI is InChI=1S/C18H25N5O2/c1-13-6-7-16(25-4)14(10-13)22-18(24)15-11-17(21-12-20-15)19-8-5-9-23(2)3/h6-7,10-12H,5,8-9H2,1-4H3,(H,22,24)(H,19,20,21). The van der Waals surface area contributed by atoms with E-state index in [4.69, 9.17) is 4.74 Å². The molecule has 0 bridgehead atoms. The molecule has 0 atom stereocenters. The van der Waals surface area contributed by atoms with Crippen LogP contribution in [0.3, 0.4) is 0 Å². The van der Waals surface area contributed by atoms with Gasteiger partial charge in [-0.3, -0.25) is 4.79 Å². The number of carbonyl (C=O) groups is 1. The lowest BCUT2D eigenvalue weighted by Crippen LogP contribution is -2.18. The predicted octanol–water partition coefficient (Wildman–Crippen LogP) is 2.41. The van der Waals surface area contributed by atoms with Crippen LogP contribution in [-0.2, 0) is 0 Å². The second-order valence-electron chi connectivity index (χ2n) is 6.03. The molecule has 0 spiro atoms. The molecule has 1 heterocycles. The van der Waals surface area contributed by atoms with E-state index < -0.39 is 0 Å². The number of rotatable bonds is 8. The van der Waals surface area contributed by atoms with E-state index in [0.717, 1.165) is 25.1 Å². The van der Waals surface area contributed by atoms with Crippen LogP contribution in [-0.4, -0.2) is 55.1 Å². The van der Waals surface area contributed by atoms with Gasteiger partial charge in [0.2, 0.25) is 0 Å². The van der Waals surface area contributed by atoms with Crippen molar-refractivity contribution in [1.29, 1.82) is 0 Å². The van der Waals surface area contributed by atoms with Gasteiger partial charge in [-0.2, -0.15) is 0 Å². The zero-order valence-corrected chi connectivity index (χ0v) is 15.2. The van der Waals surface area contributed by atoms with E-state index in [1.54, 1.807) is 13.2 Å². The van der Waals surface area contributed by atoms with Gasteiger partial charge in [0.1, 0.15) is 23.6 Å². The lowest BCUT2D eigenvalue weighted by molar-refractivity contribution is 0.102. The molecule has 0 radical (unpaired) electrons. The maximum atomic E-state index is 12.5. The second-order valence-corrected chi connectivity index (χ2v) is 6.03. The SMILES string of the molecule is COc1ccc(C)cc1NC(=O)c1cc(NCCCN(C)C)ncn1. The van der Waals surface area contributed by atoms with Gasteiger partial charge in [-0.15, -0.1) is 0 Å². The smallest absolute Gasteiger partial charge is 0.274 e. The molecule has 7 heteroatoms. The van der Waals surface area contributed by atoms with E-state index in [1.165, 1.54) is 6.33 Å². The Hall–Kier alpha value is -2.67. The van der Waals surface area contributed by atoms with Crippen molar-refractivity contribution in [3.8, 4) is 5.75 Å². The minimum atomic E-state index is -0.303. The van der Waals surface area contributed by atoms with Gasteiger partial charge in [-0.05, 0) is 51.7 Å². The Kier molecular flexibility index (Phi) is 6.71. The van der Waals surface area contributed by atoms with Crippen LogP contribution in [0.5, 0.6) is 5.75 Å². The van der Waals surface area contributed by atoms with Crippen molar-refractivity contribution in [3.63, 3.8) is 0 Å². The molecule has 2 rings (SSSR count). The van der Waals surface area contributed by atoms with Crippen LogP contribution in [0.4, 0.5) is 11.5 Å². The highest BCUT2D eigenvalue weighted by atomic mass is 16.5. The summed E-state index contributed by atoms with van der Waals surface area (Å²) in [6, 6.07) is 7.25. The molecule has 0 fully saturated rings. The largest absolute Gasteiger partial charge is 0.495 e. The van der Waals surface area contributed by atoms with E-state index in [0.29, 0.717) is 22.9 Å². The first-order valence-corrected chi connectivity index (χ1v) is 8.16.